The van der Waals surface area contributed by atoms with Gasteiger partial charge in [-0.05, 0) is 0 Å². The second-order valence-corrected chi connectivity index (χ2v) is 2.58. The number of carboxylic acids is 1. The fourth-order valence-electron chi connectivity index (χ4n) is 0.243. The maximum absolute atomic E-state index is 9.81. The fourth-order valence-corrected chi connectivity index (χ4v) is 0.601. The predicted molar refractivity (Wildman–Crippen MR) is 42.2 cm³/mol. The summed E-state index contributed by atoms with van der Waals surface area (Å²) < 4.78 is 19.6. The third-order valence-electron chi connectivity index (χ3n) is 0.751. The van der Waals surface area contributed by atoms with Crippen molar-refractivity contribution in [2.24, 2.45) is 0 Å². The van der Waals surface area contributed by atoms with Crippen molar-refractivity contribution in [3.63, 3.8) is 0 Å². The summed E-state index contributed by atoms with van der Waals surface area (Å²) >= 11 is 0. The summed E-state index contributed by atoms with van der Waals surface area (Å²) in [5, 5.41) is 24.6. The van der Waals surface area contributed by atoms with Crippen molar-refractivity contribution >= 4 is 72.8 Å². The second kappa shape index (κ2) is 8.87. The summed E-state index contributed by atoms with van der Waals surface area (Å²) in [6, 6.07) is 0. The van der Waals surface area contributed by atoms with E-state index in [-0.39, 0.29) is 59.1 Å². The van der Waals surface area contributed by atoms with Crippen LogP contribution in [0.4, 0.5) is 0 Å². The van der Waals surface area contributed by atoms with E-state index in [0.717, 1.165) is 0 Å². The van der Waals surface area contributed by atoms with Crippen LogP contribution in [0.25, 0.3) is 0 Å². The van der Waals surface area contributed by atoms with Crippen molar-refractivity contribution in [2.75, 3.05) is 0 Å². The number of carboxylic acid groups (broad SMARTS) is 1. The molecule has 0 fully saturated rings. The van der Waals surface area contributed by atoms with Gasteiger partial charge in [-0.1, -0.05) is 0 Å². The van der Waals surface area contributed by atoms with Gasteiger partial charge in [-0.15, -0.1) is 0 Å². The molecule has 0 saturated carbocycles. The Bertz CT molecular complexity index is 195. The van der Waals surface area contributed by atoms with Crippen molar-refractivity contribution in [3.05, 3.63) is 0 Å². The van der Waals surface area contributed by atoms with Crippen LogP contribution in [-0.4, -0.2) is 92.4 Å². The van der Waals surface area contributed by atoms with E-state index >= 15 is 0 Å². The van der Waals surface area contributed by atoms with Crippen molar-refractivity contribution in [3.8, 4) is 0 Å². The number of hydrogen-bond donors (Lipinski definition) is 3. The van der Waals surface area contributed by atoms with Gasteiger partial charge in [0.05, 0.1) is 0 Å². The predicted octanol–water partition coefficient (Wildman–Crippen LogP) is -2.37. The van der Waals surface area contributed by atoms with Crippen molar-refractivity contribution in [1.29, 1.82) is 0 Å². The first kappa shape index (κ1) is 19.0. The Kier molecular flexibility index (Phi) is 14.0. The second-order valence-electron chi connectivity index (χ2n) is 1.48. The topological polar surface area (TPSA) is 112 Å². The van der Waals surface area contributed by atoms with Gasteiger partial charge in [0.2, 0.25) is 5.85 Å². The van der Waals surface area contributed by atoms with E-state index in [2.05, 4.69) is 0 Å². The van der Waals surface area contributed by atoms with Crippen LogP contribution in [0, 0.1) is 0 Å². The molecule has 62 valence electrons. The molecule has 12 heavy (non-hydrogen) atoms. The quantitative estimate of drug-likeness (QED) is 0.359. The van der Waals surface area contributed by atoms with E-state index in [1.165, 1.54) is 0 Å². The molecule has 9 heteroatoms. The van der Waals surface area contributed by atoms with Gasteiger partial charge in [0.25, 0.3) is 0 Å². The third-order valence-corrected chi connectivity index (χ3v) is 1.47. The average molecular weight is 216 g/mol. The third kappa shape index (κ3) is 6.77. The fraction of sp³-hybridized carbons (Fsp3) is 0.667. The summed E-state index contributed by atoms with van der Waals surface area (Å²) in [6.45, 7) is 0. The molecule has 0 aliphatic heterocycles. The normalized spacial score (nSPS) is 13.2. The summed E-state index contributed by atoms with van der Waals surface area (Å²) in [5.41, 5.74) is 0. The summed E-state index contributed by atoms with van der Waals surface area (Å²) in [4.78, 5) is 9.77. The Morgan fingerprint density at radius 1 is 1.17 bits per heavy atom. The van der Waals surface area contributed by atoms with Crippen LogP contribution in [0.3, 0.4) is 0 Å². The van der Waals surface area contributed by atoms with E-state index in [9.17, 15) is 13.9 Å². The van der Waals surface area contributed by atoms with Crippen LogP contribution in [-0.2, 0) is 13.9 Å². The number of carbonyl (C=O) groups is 1. The molecule has 3 N–H and O–H groups in total. The van der Waals surface area contributed by atoms with Gasteiger partial charge in [-0.2, -0.15) is 0 Å². The molecule has 0 radical (unpaired) electrons. The zero-order chi connectivity index (χ0) is 8.31. The monoisotopic (exact) mass is 216 g/mol. The number of rotatable bonds is 3. The Balaban J connectivity index is -0.000000405. The first-order chi connectivity index (χ1) is 4.46. The molecule has 0 aromatic carbocycles. The summed E-state index contributed by atoms with van der Waals surface area (Å²) in [5.74, 6) is -4.00. The maximum atomic E-state index is 9.81. The van der Waals surface area contributed by atoms with Crippen molar-refractivity contribution in [2.45, 2.75) is 11.9 Å². The van der Waals surface area contributed by atoms with Crippen molar-refractivity contribution in [1.82, 2.24) is 0 Å². The molecule has 2 unspecified atom stereocenters. The Labute approximate surface area is 113 Å². The van der Waals surface area contributed by atoms with Gasteiger partial charge in [0.1, 0.15) is 0 Å². The Hall–Kier alpha value is 1.29. The van der Waals surface area contributed by atoms with Gasteiger partial charge < -0.3 is 15.3 Å². The van der Waals surface area contributed by atoms with E-state index < -0.39 is 25.6 Å². The van der Waals surface area contributed by atoms with Crippen molar-refractivity contribution < 1.29 is 29.2 Å². The van der Waals surface area contributed by atoms with Crippen LogP contribution in [0.2, 0.25) is 0 Å². The van der Waals surface area contributed by atoms with Crippen LogP contribution >= 0.6 is 7.68 Å². The molecule has 0 aromatic heterocycles. The zero-order valence-corrected chi connectivity index (χ0v) is 5.56. The van der Waals surface area contributed by atoms with Gasteiger partial charge >= 0.3 is 72.8 Å². The van der Waals surface area contributed by atoms with E-state index in [0.29, 0.717) is 0 Å². The van der Waals surface area contributed by atoms with Gasteiger partial charge in [0, 0.05) is 0 Å². The van der Waals surface area contributed by atoms with Crippen LogP contribution in [0.1, 0.15) is 0 Å². The molecular weight excluding hydrogens is 209 g/mol. The van der Waals surface area contributed by atoms with E-state index in [1.54, 1.807) is 0 Å². The molecule has 0 rings (SSSR count). The standard InChI is InChI=1S/C3H5O6P.2Na.2H/c4-1(2(5)6)3(7)10(8)9;;;;/h1,3-4,7H,(H,5,6);;;;. The Morgan fingerprint density at radius 3 is 1.58 bits per heavy atom. The molecule has 0 aromatic rings. The van der Waals surface area contributed by atoms with Crippen LogP contribution in [0.15, 0.2) is 0 Å². The van der Waals surface area contributed by atoms with Crippen LogP contribution < -0.4 is 0 Å². The Morgan fingerprint density at radius 2 is 1.50 bits per heavy atom. The van der Waals surface area contributed by atoms with Gasteiger partial charge in [0.15, 0.2) is 6.10 Å². The molecule has 0 saturated heterocycles. The molecular formula is C3H7Na2O6P. The minimum absolute atomic E-state index is 0. The molecule has 0 spiro atoms. The SMILES string of the molecule is O=C(O)C(O)C(O)P(=O)=O.[NaH].[NaH]. The average Bonchev–Trinajstić information content (AvgIpc) is 1.84. The molecule has 6 nitrogen and oxygen atoms in total. The molecule has 0 aliphatic rings. The van der Waals surface area contributed by atoms with Gasteiger partial charge in [-0.25, -0.2) is 13.9 Å². The first-order valence-corrected chi connectivity index (χ1v) is 3.44. The van der Waals surface area contributed by atoms with Gasteiger partial charge in [-0.3, -0.25) is 0 Å². The summed E-state index contributed by atoms with van der Waals surface area (Å²) in [6.07, 6.45) is -2.26. The molecule has 0 heterocycles. The number of aliphatic carboxylic acids is 1. The van der Waals surface area contributed by atoms with Crippen LogP contribution in [0.5, 0.6) is 0 Å². The molecule has 0 amide bonds. The van der Waals surface area contributed by atoms with E-state index in [1.807, 2.05) is 0 Å². The number of hydrogen-bond acceptors (Lipinski definition) is 5. The van der Waals surface area contributed by atoms with E-state index in [4.69, 9.17) is 15.3 Å². The molecule has 2 atom stereocenters. The number of aliphatic hydroxyl groups is 2. The minimum atomic E-state index is -3.31. The molecule has 0 aliphatic carbocycles. The first-order valence-electron chi connectivity index (χ1n) is 2.19. The zero-order valence-electron chi connectivity index (χ0n) is 4.67. The number of aliphatic hydroxyl groups excluding tert-OH is 2. The summed E-state index contributed by atoms with van der Waals surface area (Å²) in [7, 11) is -3.31. The molecule has 0 bridgehead atoms.